The van der Waals surface area contributed by atoms with E-state index >= 15 is 0 Å². The van der Waals surface area contributed by atoms with Crippen molar-refractivity contribution in [3.05, 3.63) is 29.0 Å². The zero-order valence-electron chi connectivity index (χ0n) is 18.6. The highest BCUT2D eigenvalue weighted by molar-refractivity contribution is 6.30. The standard InChI is InChI=1S/C21H32ClN3O5/c1-20(2,3)29-18(27)23-25-12-9-15(22)13-16(25)17(26)14-7-10-24(11-8-14)19(28)30-21(4,5)6/h9,12-14,17,26H,7-8,10-11H2,1-6H3/p+1. The van der Waals surface area contributed by atoms with Crippen molar-refractivity contribution in [1.29, 1.82) is 0 Å². The van der Waals surface area contributed by atoms with E-state index in [1.165, 1.54) is 4.68 Å². The predicted octanol–water partition coefficient (Wildman–Crippen LogP) is 3.79. The van der Waals surface area contributed by atoms with E-state index in [-0.39, 0.29) is 12.0 Å². The Labute approximate surface area is 183 Å². The van der Waals surface area contributed by atoms with Crippen LogP contribution in [0, 0.1) is 5.92 Å². The Kier molecular flexibility index (Phi) is 7.58. The van der Waals surface area contributed by atoms with Gasteiger partial charge in [0.1, 0.15) is 17.3 Å². The minimum absolute atomic E-state index is 0.103. The Hall–Kier alpha value is -2.06. The number of halogens is 1. The van der Waals surface area contributed by atoms with Crippen LogP contribution in [0.5, 0.6) is 0 Å². The van der Waals surface area contributed by atoms with Crippen LogP contribution in [-0.4, -0.2) is 46.5 Å². The molecule has 30 heavy (non-hydrogen) atoms. The topological polar surface area (TPSA) is 92.0 Å². The molecule has 0 radical (unpaired) electrons. The molecule has 0 saturated carbocycles. The number of piperidine rings is 1. The van der Waals surface area contributed by atoms with Gasteiger partial charge in [-0.1, -0.05) is 21.7 Å². The number of carbonyl (C=O) groups excluding carboxylic acids is 2. The Morgan fingerprint density at radius 3 is 2.27 bits per heavy atom. The summed E-state index contributed by atoms with van der Waals surface area (Å²) in [5, 5.41) is 11.4. The maximum Gasteiger partial charge on any atom is 0.461 e. The number of hydrogen-bond acceptors (Lipinski definition) is 5. The second-order valence-corrected chi connectivity index (χ2v) is 9.94. The molecule has 1 aromatic heterocycles. The van der Waals surface area contributed by atoms with Gasteiger partial charge in [0.05, 0.1) is 5.02 Å². The van der Waals surface area contributed by atoms with Crippen LogP contribution in [-0.2, 0) is 9.47 Å². The predicted molar refractivity (Wildman–Crippen MR) is 113 cm³/mol. The molecule has 1 aromatic rings. The number of amides is 2. The van der Waals surface area contributed by atoms with Gasteiger partial charge in [0.25, 0.3) is 0 Å². The number of aromatic nitrogens is 1. The molecule has 0 spiro atoms. The highest BCUT2D eigenvalue weighted by Gasteiger charge is 2.35. The first kappa shape index (κ1) is 24.2. The molecule has 2 rings (SSSR count). The van der Waals surface area contributed by atoms with Gasteiger partial charge in [-0.3, -0.25) is 0 Å². The maximum absolute atomic E-state index is 12.3. The van der Waals surface area contributed by atoms with Gasteiger partial charge in [-0.2, -0.15) is 0 Å². The molecular weight excluding hydrogens is 410 g/mol. The van der Waals surface area contributed by atoms with Crippen molar-refractivity contribution < 1.29 is 28.8 Å². The van der Waals surface area contributed by atoms with Gasteiger partial charge in [-0.15, -0.1) is 0 Å². The summed E-state index contributed by atoms with van der Waals surface area (Å²) in [5.41, 5.74) is 1.87. The molecule has 1 aliphatic rings. The number of hydrogen-bond donors (Lipinski definition) is 2. The molecule has 2 heterocycles. The second kappa shape index (κ2) is 9.39. The summed E-state index contributed by atoms with van der Waals surface area (Å²) in [5.74, 6) is -0.103. The zero-order valence-corrected chi connectivity index (χ0v) is 19.3. The molecule has 1 unspecified atom stereocenters. The van der Waals surface area contributed by atoms with Crippen LogP contribution in [0.2, 0.25) is 5.02 Å². The fourth-order valence-electron chi connectivity index (χ4n) is 3.19. The van der Waals surface area contributed by atoms with Gasteiger partial charge in [0.2, 0.25) is 11.9 Å². The van der Waals surface area contributed by atoms with Crippen molar-refractivity contribution >= 4 is 23.8 Å². The number of aliphatic hydroxyl groups excluding tert-OH is 1. The molecule has 0 aromatic carbocycles. The molecule has 1 aliphatic heterocycles. The monoisotopic (exact) mass is 442 g/mol. The van der Waals surface area contributed by atoms with Gasteiger partial charge in [-0.05, 0) is 60.3 Å². The highest BCUT2D eigenvalue weighted by atomic mass is 35.5. The van der Waals surface area contributed by atoms with Crippen molar-refractivity contribution in [3.63, 3.8) is 0 Å². The number of nitrogens with zero attached hydrogens (tertiary/aromatic N) is 2. The Bertz CT molecular complexity index is 765. The van der Waals surface area contributed by atoms with Crippen LogP contribution < -0.4 is 10.1 Å². The molecular formula is C21H33ClN3O5+. The summed E-state index contributed by atoms with van der Waals surface area (Å²) in [6.07, 6.45) is 0.904. The van der Waals surface area contributed by atoms with Gasteiger partial charge < -0.3 is 19.5 Å². The second-order valence-electron chi connectivity index (χ2n) is 9.50. The Morgan fingerprint density at radius 1 is 1.17 bits per heavy atom. The van der Waals surface area contributed by atoms with Crippen molar-refractivity contribution in [2.75, 3.05) is 18.5 Å². The van der Waals surface area contributed by atoms with E-state index in [0.717, 1.165) is 0 Å². The number of pyridine rings is 1. The van der Waals surface area contributed by atoms with Crippen LogP contribution >= 0.6 is 11.6 Å². The van der Waals surface area contributed by atoms with E-state index in [4.69, 9.17) is 21.1 Å². The summed E-state index contributed by atoms with van der Waals surface area (Å²) in [6, 6.07) is 3.23. The number of likely N-dealkylation sites (tertiary alicyclic amines) is 1. The first-order chi connectivity index (χ1) is 13.7. The summed E-state index contributed by atoms with van der Waals surface area (Å²) < 4.78 is 12.1. The Balaban J connectivity index is 2.07. The Morgan fingerprint density at radius 2 is 1.73 bits per heavy atom. The third kappa shape index (κ3) is 7.32. The lowest BCUT2D eigenvalue weighted by atomic mass is 9.89. The minimum Gasteiger partial charge on any atom is -0.444 e. The van der Waals surface area contributed by atoms with Crippen LogP contribution in [0.4, 0.5) is 9.59 Å². The van der Waals surface area contributed by atoms with Gasteiger partial charge in [-0.25, -0.2) is 9.59 Å². The zero-order chi connectivity index (χ0) is 22.7. The van der Waals surface area contributed by atoms with Crippen molar-refractivity contribution in [2.24, 2.45) is 5.92 Å². The smallest absolute Gasteiger partial charge is 0.444 e. The summed E-state index contributed by atoms with van der Waals surface area (Å²) in [6.45, 7) is 11.8. The largest absolute Gasteiger partial charge is 0.461 e. The first-order valence-electron chi connectivity index (χ1n) is 10.1. The number of ether oxygens (including phenoxy) is 2. The van der Waals surface area contributed by atoms with E-state index in [0.29, 0.717) is 36.6 Å². The van der Waals surface area contributed by atoms with Gasteiger partial charge >= 0.3 is 12.2 Å². The number of aliphatic hydroxyl groups is 1. The van der Waals surface area contributed by atoms with Gasteiger partial charge in [0, 0.05) is 25.2 Å². The molecule has 1 saturated heterocycles. The lowest BCUT2D eigenvalue weighted by Crippen LogP contribution is -2.54. The molecule has 9 heteroatoms. The summed E-state index contributed by atoms with van der Waals surface area (Å²) in [7, 11) is 0. The van der Waals surface area contributed by atoms with Crippen LogP contribution in [0.15, 0.2) is 18.3 Å². The molecule has 2 amide bonds. The van der Waals surface area contributed by atoms with Gasteiger partial charge in [0.15, 0.2) is 0 Å². The molecule has 8 nitrogen and oxygen atoms in total. The molecule has 1 fully saturated rings. The molecule has 0 aliphatic carbocycles. The highest BCUT2D eigenvalue weighted by Crippen LogP contribution is 2.30. The fraction of sp³-hybridized carbons (Fsp3) is 0.667. The number of rotatable bonds is 3. The van der Waals surface area contributed by atoms with Crippen molar-refractivity contribution in [2.45, 2.75) is 71.7 Å². The summed E-state index contributed by atoms with van der Waals surface area (Å²) >= 11 is 6.13. The van der Waals surface area contributed by atoms with E-state index < -0.39 is 23.4 Å². The van der Waals surface area contributed by atoms with E-state index in [1.54, 1.807) is 44.0 Å². The quantitative estimate of drug-likeness (QED) is 0.695. The van der Waals surface area contributed by atoms with Crippen LogP contribution in [0.1, 0.15) is 66.2 Å². The normalized spacial score (nSPS) is 16.7. The maximum atomic E-state index is 12.3. The fourth-order valence-corrected chi connectivity index (χ4v) is 3.35. The number of nitrogens with one attached hydrogen (secondary N) is 1. The van der Waals surface area contributed by atoms with E-state index in [9.17, 15) is 14.7 Å². The summed E-state index contributed by atoms with van der Waals surface area (Å²) in [4.78, 5) is 26.1. The SMILES string of the molecule is CC(C)(C)OC(=O)N[n+]1ccc(Cl)cc1C(O)C1CCN(C(=O)OC(C)(C)C)CC1. The third-order valence-electron chi connectivity index (χ3n) is 4.50. The van der Waals surface area contributed by atoms with Crippen molar-refractivity contribution in [1.82, 2.24) is 4.90 Å². The van der Waals surface area contributed by atoms with Crippen molar-refractivity contribution in [3.8, 4) is 0 Å². The van der Waals surface area contributed by atoms with E-state index in [2.05, 4.69) is 5.43 Å². The minimum atomic E-state index is -0.876. The number of carbonyl (C=O) groups is 2. The molecule has 1 atom stereocenters. The lowest BCUT2D eigenvalue weighted by Gasteiger charge is -2.34. The van der Waals surface area contributed by atoms with Crippen LogP contribution in [0.25, 0.3) is 0 Å². The average molecular weight is 443 g/mol. The lowest BCUT2D eigenvalue weighted by molar-refractivity contribution is -0.655. The van der Waals surface area contributed by atoms with Crippen LogP contribution in [0.3, 0.4) is 0 Å². The molecule has 168 valence electrons. The molecule has 2 N–H and O–H groups in total. The average Bonchev–Trinajstić information content (AvgIpc) is 2.59. The van der Waals surface area contributed by atoms with E-state index in [1.807, 2.05) is 20.8 Å². The first-order valence-corrected chi connectivity index (χ1v) is 10.5. The third-order valence-corrected chi connectivity index (χ3v) is 4.73. The molecule has 0 bridgehead atoms.